The van der Waals surface area contributed by atoms with Gasteiger partial charge in [-0.15, -0.1) is 11.8 Å². The van der Waals surface area contributed by atoms with Crippen molar-refractivity contribution < 1.29 is 14.1 Å². The van der Waals surface area contributed by atoms with Gasteiger partial charge in [-0.3, -0.25) is 9.78 Å². The predicted molar refractivity (Wildman–Crippen MR) is 79.9 cm³/mol. The first-order chi connectivity index (χ1) is 9.21. The second-order valence-electron chi connectivity index (χ2n) is 5.80. The lowest BCUT2D eigenvalue weighted by atomic mass is 9.80. The number of rotatable bonds is 4. The molecule has 2 N–H and O–H groups in total. The van der Waals surface area contributed by atoms with Gasteiger partial charge in [-0.05, 0) is 33.8 Å². The lowest BCUT2D eigenvalue weighted by Crippen LogP contribution is -2.41. The molecule has 2 rings (SSSR count). The van der Waals surface area contributed by atoms with Crippen LogP contribution in [0, 0.1) is 0 Å². The van der Waals surface area contributed by atoms with Gasteiger partial charge in [0, 0.05) is 22.8 Å². The van der Waals surface area contributed by atoms with Crippen molar-refractivity contribution in [2.45, 2.75) is 43.8 Å². The minimum absolute atomic E-state index is 0.231. The fourth-order valence-corrected chi connectivity index (χ4v) is 2.44. The van der Waals surface area contributed by atoms with Gasteiger partial charge in [-0.2, -0.15) is 0 Å². The number of primary amides is 1. The Morgan fingerprint density at radius 1 is 1.30 bits per heavy atom. The van der Waals surface area contributed by atoms with Crippen LogP contribution in [0.15, 0.2) is 23.4 Å². The summed E-state index contributed by atoms with van der Waals surface area (Å²) in [5.74, 6) is -0.120. The summed E-state index contributed by atoms with van der Waals surface area (Å²) >= 11 is 1.35. The second-order valence-corrected chi connectivity index (χ2v) is 6.85. The Hall–Kier alpha value is -1.05. The molecule has 0 saturated carbocycles. The molecule has 7 heteroatoms. The van der Waals surface area contributed by atoms with Crippen LogP contribution in [0.25, 0.3) is 0 Å². The normalized spacial score (nSPS) is 20.1. The molecule has 1 aliphatic rings. The highest BCUT2D eigenvalue weighted by molar-refractivity contribution is 8.00. The molecule has 0 aliphatic carbocycles. The highest BCUT2D eigenvalue weighted by Gasteiger charge is 2.51. The van der Waals surface area contributed by atoms with Gasteiger partial charge >= 0.3 is 7.12 Å². The van der Waals surface area contributed by atoms with E-state index >= 15 is 0 Å². The summed E-state index contributed by atoms with van der Waals surface area (Å²) < 4.78 is 11.9. The van der Waals surface area contributed by atoms with E-state index in [1.165, 1.54) is 11.8 Å². The maximum absolute atomic E-state index is 10.8. The molecule has 0 radical (unpaired) electrons. The maximum atomic E-state index is 10.8. The first-order valence-electron chi connectivity index (χ1n) is 6.43. The Balaban J connectivity index is 2.14. The van der Waals surface area contributed by atoms with Gasteiger partial charge in [-0.1, -0.05) is 0 Å². The third kappa shape index (κ3) is 3.16. The number of hydrogen-bond donors (Lipinski definition) is 1. The van der Waals surface area contributed by atoms with Crippen LogP contribution >= 0.6 is 11.8 Å². The molecule has 108 valence electrons. The quantitative estimate of drug-likeness (QED) is 0.661. The molecule has 5 nitrogen and oxygen atoms in total. The molecular formula is C13H19BN2O3S. The van der Waals surface area contributed by atoms with Gasteiger partial charge in [0.1, 0.15) is 0 Å². The van der Waals surface area contributed by atoms with Gasteiger partial charge < -0.3 is 15.0 Å². The summed E-state index contributed by atoms with van der Waals surface area (Å²) in [6.07, 6.45) is 3.42. The third-order valence-electron chi connectivity index (χ3n) is 3.64. The number of carbonyl (C=O) groups is 1. The van der Waals surface area contributed by atoms with Crippen LogP contribution in [0.5, 0.6) is 0 Å². The number of aromatic nitrogens is 1. The van der Waals surface area contributed by atoms with Crippen molar-refractivity contribution in [3.05, 3.63) is 18.5 Å². The molecule has 20 heavy (non-hydrogen) atoms. The SMILES string of the molecule is CC1(C)OB(c2cncc(SCC(N)=O)c2)OC1(C)C. The molecular weight excluding hydrogens is 275 g/mol. The van der Waals surface area contributed by atoms with Crippen LogP contribution < -0.4 is 11.2 Å². The Morgan fingerprint density at radius 3 is 2.45 bits per heavy atom. The summed E-state index contributed by atoms with van der Waals surface area (Å²) in [7, 11) is -0.443. The van der Waals surface area contributed by atoms with Crippen LogP contribution in [0.1, 0.15) is 27.7 Å². The van der Waals surface area contributed by atoms with Crippen LogP contribution in [0.2, 0.25) is 0 Å². The van der Waals surface area contributed by atoms with Crippen molar-refractivity contribution in [1.29, 1.82) is 0 Å². The minimum Gasteiger partial charge on any atom is -0.399 e. The van der Waals surface area contributed by atoms with Crippen molar-refractivity contribution in [3.8, 4) is 0 Å². The molecule has 1 fully saturated rings. The zero-order valence-corrected chi connectivity index (χ0v) is 13.0. The Kier molecular flexibility index (Phi) is 4.13. The predicted octanol–water partition coefficient (Wildman–Crippen LogP) is 0.958. The van der Waals surface area contributed by atoms with Gasteiger partial charge in [0.25, 0.3) is 0 Å². The lowest BCUT2D eigenvalue weighted by molar-refractivity contribution is -0.115. The van der Waals surface area contributed by atoms with E-state index in [9.17, 15) is 4.79 Å². The Morgan fingerprint density at radius 2 is 1.90 bits per heavy atom. The molecule has 0 bridgehead atoms. The summed E-state index contributed by atoms with van der Waals surface area (Å²) in [5, 5.41) is 0. The summed E-state index contributed by atoms with van der Waals surface area (Å²) in [4.78, 5) is 15.9. The van der Waals surface area contributed by atoms with Gasteiger partial charge in [0.15, 0.2) is 0 Å². The van der Waals surface area contributed by atoms with E-state index in [4.69, 9.17) is 15.0 Å². The molecule has 1 saturated heterocycles. The number of thioether (sulfide) groups is 1. The summed E-state index contributed by atoms with van der Waals surface area (Å²) in [5.41, 5.74) is 5.23. The average molecular weight is 294 g/mol. The van der Waals surface area contributed by atoms with Gasteiger partial charge in [0.2, 0.25) is 5.91 Å². The summed E-state index contributed by atoms with van der Waals surface area (Å²) in [6.45, 7) is 8.02. The highest BCUT2D eigenvalue weighted by atomic mass is 32.2. The second kappa shape index (κ2) is 5.39. The zero-order chi connectivity index (χ0) is 15.0. The van der Waals surface area contributed by atoms with E-state index in [1.807, 2.05) is 33.8 Å². The van der Waals surface area contributed by atoms with E-state index < -0.39 is 7.12 Å². The van der Waals surface area contributed by atoms with Crippen LogP contribution in [0.4, 0.5) is 0 Å². The summed E-state index contributed by atoms with van der Waals surface area (Å²) in [6, 6.07) is 1.92. The molecule has 2 heterocycles. The van der Waals surface area contributed by atoms with E-state index in [0.29, 0.717) is 0 Å². The number of nitrogens with zero attached hydrogens (tertiary/aromatic N) is 1. The third-order valence-corrected chi connectivity index (χ3v) is 4.63. The molecule has 0 spiro atoms. The lowest BCUT2D eigenvalue weighted by Gasteiger charge is -2.32. The van der Waals surface area contributed by atoms with Crippen molar-refractivity contribution >= 4 is 30.3 Å². The molecule has 1 aliphatic heterocycles. The Bertz CT molecular complexity index is 506. The maximum Gasteiger partial charge on any atom is 0.496 e. The number of carbonyl (C=O) groups excluding carboxylic acids is 1. The van der Waals surface area contributed by atoms with Crippen LogP contribution in [-0.4, -0.2) is 35.0 Å². The fourth-order valence-electron chi connectivity index (χ4n) is 1.78. The molecule has 0 aromatic carbocycles. The van der Waals surface area contributed by atoms with Crippen molar-refractivity contribution in [2.75, 3.05) is 5.75 Å². The number of amides is 1. The highest BCUT2D eigenvalue weighted by Crippen LogP contribution is 2.36. The first kappa shape index (κ1) is 15.3. The van der Waals surface area contributed by atoms with Crippen LogP contribution in [-0.2, 0) is 14.1 Å². The smallest absolute Gasteiger partial charge is 0.399 e. The van der Waals surface area contributed by atoms with Crippen molar-refractivity contribution in [3.63, 3.8) is 0 Å². The van der Waals surface area contributed by atoms with E-state index in [2.05, 4.69) is 4.98 Å². The fraction of sp³-hybridized carbons (Fsp3) is 0.538. The zero-order valence-electron chi connectivity index (χ0n) is 12.2. The number of nitrogens with two attached hydrogens (primary N) is 1. The minimum atomic E-state index is -0.443. The van der Waals surface area contributed by atoms with Gasteiger partial charge in [-0.25, -0.2) is 0 Å². The van der Waals surface area contributed by atoms with E-state index in [-0.39, 0.29) is 22.9 Å². The first-order valence-corrected chi connectivity index (χ1v) is 7.41. The molecule has 0 atom stereocenters. The largest absolute Gasteiger partial charge is 0.496 e. The molecule has 1 aromatic rings. The molecule has 1 amide bonds. The molecule has 0 unspecified atom stereocenters. The van der Waals surface area contributed by atoms with Crippen LogP contribution in [0.3, 0.4) is 0 Å². The standard InChI is InChI=1S/C13H19BN2O3S/c1-12(2)13(3,4)19-14(18-12)9-5-10(7-16-6-9)20-8-11(15)17/h5-7H,8H2,1-4H3,(H2,15,17). The average Bonchev–Trinajstić information content (AvgIpc) is 2.56. The van der Waals surface area contributed by atoms with E-state index in [1.54, 1.807) is 12.4 Å². The monoisotopic (exact) mass is 294 g/mol. The van der Waals surface area contributed by atoms with Crippen molar-refractivity contribution in [2.24, 2.45) is 5.73 Å². The number of pyridine rings is 1. The van der Waals surface area contributed by atoms with Crippen molar-refractivity contribution in [1.82, 2.24) is 4.98 Å². The number of hydrogen-bond acceptors (Lipinski definition) is 5. The molecule has 1 aromatic heterocycles. The van der Waals surface area contributed by atoms with Gasteiger partial charge in [0.05, 0.1) is 17.0 Å². The topological polar surface area (TPSA) is 74.4 Å². The van der Waals surface area contributed by atoms with E-state index in [0.717, 1.165) is 10.4 Å². The Labute approximate surface area is 123 Å².